The Morgan fingerprint density at radius 2 is 2.12 bits per heavy atom. The molecule has 0 N–H and O–H groups in total. The summed E-state index contributed by atoms with van der Waals surface area (Å²) in [4.78, 5) is 0. The maximum atomic E-state index is 9.04. The summed E-state index contributed by atoms with van der Waals surface area (Å²) >= 11 is 11.7. The molecule has 1 rings (SSSR count). The number of rotatable bonds is 4. The molecule has 1 nitrogen and oxygen atoms in total. The molecular formula is C13H13Cl2N. The summed E-state index contributed by atoms with van der Waals surface area (Å²) in [5.41, 5.74) is 1.49. The van der Waals surface area contributed by atoms with E-state index in [1.54, 1.807) is 12.1 Å². The Kier molecular flexibility index (Phi) is 5.38. The Hall–Kier alpha value is -0.970. The molecule has 0 amide bonds. The van der Waals surface area contributed by atoms with E-state index in [4.69, 9.17) is 28.5 Å². The molecule has 0 radical (unpaired) electrons. The molecular weight excluding hydrogens is 241 g/mol. The third-order valence-electron chi connectivity index (χ3n) is 2.26. The van der Waals surface area contributed by atoms with Crippen LogP contribution in [0.5, 0.6) is 0 Å². The van der Waals surface area contributed by atoms with Crippen LogP contribution >= 0.6 is 23.2 Å². The SMILES string of the molecule is CCCC/C=C(\C#N)c1ccc(Cl)c(Cl)c1. The molecule has 0 saturated heterocycles. The number of allylic oxidation sites excluding steroid dienone is 2. The lowest BCUT2D eigenvalue weighted by atomic mass is 10.1. The lowest BCUT2D eigenvalue weighted by Crippen LogP contribution is -1.82. The summed E-state index contributed by atoms with van der Waals surface area (Å²) in [6.45, 7) is 2.12. The van der Waals surface area contributed by atoms with Gasteiger partial charge in [-0.25, -0.2) is 0 Å². The molecule has 0 aromatic heterocycles. The van der Waals surface area contributed by atoms with Gasteiger partial charge in [0.1, 0.15) is 0 Å². The quantitative estimate of drug-likeness (QED) is 0.542. The number of unbranched alkanes of at least 4 members (excludes halogenated alkanes) is 2. The van der Waals surface area contributed by atoms with Crippen LogP contribution in [-0.2, 0) is 0 Å². The highest BCUT2D eigenvalue weighted by Gasteiger charge is 2.03. The normalized spacial score (nSPS) is 11.2. The van der Waals surface area contributed by atoms with E-state index >= 15 is 0 Å². The van der Waals surface area contributed by atoms with Crippen LogP contribution in [0.2, 0.25) is 10.0 Å². The van der Waals surface area contributed by atoms with Crippen LogP contribution < -0.4 is 0 Å². The van der Waals surface area contributed by atoms with Crippen molar-refractivity contribution in [2.45, 2.75) is 26.2 Å². The summed E-state index contributed by atoms with van der Waals surface area (Å²) in [6.07, 6.45) is 5.08. The van der Waals surface area contributed by atoms with Gasteiger partial charge in [-0.1, -0.05) is 55.1 Å². The van der Waals surface area contributed by atoms with E-state index in [0.717, 1.165) is 24.8 Å². The van der Waals surface area contributed by atoms with Gasteiger partial charge in [-0.3, -0.25) is 0 Å². The second-order valence-electron chi connectivity index (χ2n) is 3.50. The first kappa shape index (κ1) is 13.1. The first-order chi connectivity index (χ1) is 7.69. The molecule has 0 aliphatic rings. The second kappa shape index (κ2) is 6.58. The van der Waals surface area contributed by atoms with Gasteiger partial charge in [0.2, 0.25) is 0 Å². The lowest BCUT2D eigenvalue weighted by molar-refractivity contribution is 0.816. The van der Waals surface area contributed by atoms with E-state index in [0.29, 0.717) is 15.6 Å². The van der Waals surface area contributed by atoms with Gasteiger partial charge in [0.05, 0.1) is 21.7 Å². The van der Waals surface area contributed by atoms with Gasteiger partial charge in [0.15, 0.2) is 0 Å². The number of nitrogens with zero attached hydrogens (tertiary/aromatic N) is 1. The van der Waals surface area contributed by atoms with Crippen molar-refractivity contribution in [1.29, 1.82) is 5.26 Å². The number of halogens is 2. The van der Waals surface area contributed by atoms with Crippen LogP contribution in [0.25, 0.3) is 5.57 Å². The van der Waals surface area contributed by atoms with E-state index in [9.17, 15) is 0 Å². The average molecular weight is 254 g/mol. The van der Waals surface area contributed by atoms with E-state index in [1.807, 2.05) is 12.1 Å². The highest BCUT2D eigenvalue weighted by Crippen LogP contribution is 2.26. The molecule has 0 unspecified atom stereocenters. The van der Waals surface area contributed by atoms with Crippen molar-refractivity contribution in [2.75, 3.05) is 0 Å². The Labute approximate surface area is 106 Å². The maximum Gasteiger partial charge on any atom is 0.0994 e. The smallest absolute Gasteiger partial charge is 0.0994 e. The first-order valence-corrected chi connectivity index (χ1v) is 6.00. The summed E-state index contributed by atoms with van der Waals surface area (Å²) in [6, 6.07) is 7.44. The van der Waals surface area contributed by atoms with Crippen molar-refractivity contribution in [3.63, 3.8) is 0 Å². The van der Waals surface area contributed by atoms with E-state index in [1.165, 1.54) is 0 Å². The Balaban J connectivity index is 2.92. The number of benzene rings is 1. The molecule has 0 spiro atoms. The number of hydrogen-bond donors (Lipinski definition) is 0. The van der Waals surface area contributed by atoms with Crippen molar-refractivity contribution >= 4 is 28.8 Å². The predicted molar refractivity (Wildman–Crippen MR) is 69.6 cm³/mol. The summed E-state index contributed by atoms with van der Waals surface area (Å²) in [7, 11) is 0. The fourth-order valence-electron chi connectivity index (χ4n) is 1.34. The molecule has 0 saturated carbocycles. The molecule has 3 heteroatoms. The van der Waals surface area contributed by atoms with Crippen molar-refractivity contribution in [1.82, 2.24) is 0 Å². The molecule has 0 aliphatic heterocycles. The molecule has 0 atom stereocenters. The van der Waals surface area contributed by atoms with Crippen LogP contribution in [0.3, 0.4) is 0 Å². The number of hydrogen-bond acceptors (Lipinski definition) is 1. The third-order valence-corrected chi connectivity index (χ3v) is 3.00. The van der Waals surface area contributed by atoms with Gasteiger partial charge in [-0.15, -0.1) is 0 Å². The molecule has 16 heavy (non-hydrogen) atoms. The highest BCUT2D eigenvalue weighted by molar-refractivity contribution is 6.42. The molecule has 84 valence electrons. The van der Waals surface area contributed by atoms with Gasteiger partial charge >= 0.3 is 0 Å². The highest BCUT2D eigenvalue weighted by atomic mass is 35.5. The molecule has 0 heterocycles. The van der Waals surface area contributed by atoms with Crippen molar-refractivity contribution in [3.05, 3.63) is 39.9 Å². The molecule has 0 aliphatic carbocycles. The Bertz CT molecular complexity index is 430. The van der Waals surface area contributed by atoms with E-state index < -0.39 is 0 Å². The minimum atomic E-state index is 0.482. The third kappa shape index (κ3) is 3.56. The molecule has 0 bridgehead atoms. The van der Waals surface area contributed by atoms with Gasteiger partial charge in [-0.2, -0.15) is 5.26 Å². The molecule has 1 aromatic carbocycles. The Morgan fingerprint density at radius 3 is 2.69 bits per heavy atom. The Morgan fingerprint density at radius 1 is 1.38 bits per heavy atom. The van der Waals surface area contributed by atoms with Gasteiger partial charge in [-0.05, 0) is 24.1 Å². The summed E-state index contributed by atoms with van der Waals surface area (Å²) in [5, 5.41) is 10.0. The average Bonchev–Trinajstić information content (AvgIpc) is 2.29. The fourth-order valence-corrected chi connectivity index (χ4v) is 1.64. The van der Waals surface area contributed by atoms with Crippen LogP contribution in [0.4, 0.5) is 0 Å². The van der Waals surface area contributed by atoms with Crippen LogP contribution in [0.1, 0.15) is 31.7 Å². The minimum Gasteiger partial charge on any atom is -0.192 e. The van der Waals surface area contributed by atoms with Crippen LogP contribution in [0.15, 0.2) is 24.3 Å². The zero-order valence-corrected chi connectivity index (χ0v) is 10.6. The zero-order chi connectivity index (χ0) is 12.0. The topological polar surface area (TPSA) is 23.8 Å². The van der Waals surface area contributed by atoms with Crippen LogP contribution in [-0.4, -0.2) is 0 Å². The van der Waals surface area contributed by atoms with Crippen LogP contribution in [0, 0.1) is 11.3 Å². The monoisotopic (exact) mass is 253 g/mol. The predicted octanol–water partition coefficient (Wildman–Crippen LogP) is 5.09. The van der Waals surface area contributed by atoms with E-state index in [2.05, 4.69) is 13.0 Å². The number of nitriles is 1. The minimum absolute atomic E-state index is 0.482. The van der Waals surface area contributed by atoms with Gasteiger partial charge in [0, 0.05) is 0 Å². The van der Waals surface area contributed by atoms with Gasteiger partial charge in [0.25, 0.3) is 0 Å². The van der Waals surface area contributed by atoms with Crippen molar-refractivity contribution in [2.24, 2.45) is 0 Å². The largest absolute Gasteiger partial charge is 0.192 e. The standard InChI is InChI=1S/C13H13Cl2N/c1-2-3-4-5-11(9-16)10-6-7-12(14)13(15)8-10/h5-8H,2-4H2,1H3/b11-5+. The molecule has 1 aromatic rings. The van der Waals surface area contributed by atoms with Gasteiger partial charge < -0.3 is 0 Å². The summed E-state index contributed by atoms with van der Waals surface area (Å²) in [5.74, 6) is 0. The lowest BCUT2D eigenvalue weighted by Gasteiger charge is -2.01. The maximum absolute atomic E-state index is 9.04. The van der Waals surface area contributed by atoms with E-state index in [-0.39, 0.29) is 0 Å². The fraction of sp³-hybridized carbons (Fsp3) is 0.308. The first-order valence-electron chi connectivity index (χ1n) is 5.24. The summed E-state index contributed by atoms with van der Waals surface area (Å²) < 4.78 is 0. The second-order valence-corrected chi connectivity index (χ2v) is 4.32. The van der Waals surface area contributed by atoms with Crippen molar-refractivity contribution in [3.8, 4) is 6.07 Å². The van der Waals surface area contributed by atoms with Crippen molar-refractivity contribution < 1.29 is 0 Å². The zero-order valence-electron chi connectivity index (χ0n) is 9.13. The molecule has 0 fully saturated rings.